The third-order valence-corrected chi connectivity index (χ3v) is 2.26. The summed E-state index contributed by atoms with van der Waals surface area (Å²) < 4.78 is 33.9. The second-order valence-corrected chi connectivity index (χ2v) is 3.76. The van der Waals surface area contributed by atoms with Crippen LogP contribution in [0.2, 0.25) is 0 Å². The van der Waals surface area contributed by atoms with Gasteiger partial charge in [0.05, 0.1) is 5.69 Å². The zero-order valence-electron chi connectivity index (χ0n) is 5.99. The van der Waals surface area contributed by atoms with Gasteiger partial charge in [-0.25, -0.2) is 17.9 Å². The van der Waals surface area contributed by atoms with Crippen molar-refractivity contribution < 1.29 is 12.8 Å². The first-order valence-corrected chi connectivity index (χ1v) is 4.54. The van der Waals surface area contributed by atoms with Crippen molar-refractivity contribution in [3.8, 4) is 0 Å². The molecule has 0 amide bonds. The van der Waals surface area contributed by atoms with Gasteiger partial charge in [-0.2, -0.15) is 0 Å². The van der Waals surface area contributed by atoms with Crippen molar-refractivity contribution in [1.29, 1.82) is 0 Å². The molecule has 1 rings (SSSR count). The van der Waals surface area contributed by atoms with Crippen LogP contribution in [0.1, 0.15) is 0 Å². The van der Waals surface area contributed by atoms with Gasteiger partial charge in [-0.3, -0.25) is 0 Å². The standard InChI is InChI=1S/C6H7FN2O2S/c7-4-1-2-6(5(8)3-4)12(9,10)11/h1-3H,8H2,(H2,9,10,11). The minimum Gasteiger partial charge on any atom is -0.398 e. The molecule has 0 atom stereocenters. The van der Waals surface area contributed by atoms with Crippen molar-refractivity contribution in [2.75, 3.05) is 5.73 Å². The number of sulfonamides is 1. The van der Waals surface area contributed by atoms with Gasteiger partial charge in [0.1, 0.15) is 10.7 Å². The van der Waals surface area contributed by atoms with E-state index < -0.39 is 15.8 Å². The maximum atomic E-state index is 12.4. The Morgan fingerprint density at radius 1 is 1.33 bits per heavy atom. The van der Waals surface area contributed by atoms with Crippen molar-refractivity contribution >= 4 is 15.7 Å². The van der Waals surface area contributed by atoms with Crippen LogP contribution in [0, 0.1) is 5.82 Å². The Hall–Kier alpha value is -1.14. The number of anilines is 1. The van der Waals surface area contributed by atoms with Gasteiger partial charge in [0.2, 0.25) is 10.0 Å². The van der Waals surface area contributed by atoms with E-state index in [9.17, 15) is 12.8 Å². The number of primary sulfonamides is 1. The van der Waals surface area contributed by atoms with E-state index in [2.05, 4.69) is 0 Å². The van der Waals surface area contributed by atoms with Crippen molar-refractivity contribution in [2.45, 2.75) is 4.90 Å². The Morgan fingerprint density at radius 2 is 1.92 bits per heavy atom. The van der Waals surface area contributed by atoms with E-state index in [0.29, 0.717) is 0 Å². The fourth-order valence-corrected chi connectivity index (χ4v) is 1.42. The summed E-state index contributed by atoms with van der Waals surface area (Å²) in [5.41, 5.74) is 5.03. The Kier molecular flexibility index (Phi) is 2.03. The van der Waals surface area contributed by atoms with Crippen LogP contribution in [0.3, 0.4) is 0 Å². The van der Waals surface area contributed by atoms with Crippen molar-refractivity contribution in [1.82, 2.24) is 0 Å². The molecule has 4 N–H and O–H groups in total. The summed E-state index contributed by atoms with van der Waals surface area (Å²) in [7, 11) is -3.84. The highest BCUT2D eigenvalue weighted by molar-refractivity contribution is 7.89. The SMILES string of the molecule is Nc1cc(F)ccc1S(N)(=O)=O. The average molecular weight is 190 g/mol. The van der Waals surface area contributed by atoms with Crippen LogP contribution < -0.4 is 10.9 Å². The molecule has 0 saturated carbocycles. The molecule has 6 heteroatoms. The highest BCUT2D eigenvalue weighted by Gasteiger charge is 2.11. The van der Waals surface area contributed by atoms with E-state index in [1.807, 2.05) is 0 Å². The van der Waals surface area contributed by atoms with Crippen molar-refractivity contribution in [2.24, 2.45) is 5.14 Å². The maximum Gasteiger partial charge on any atom is 0.240 e. The fourth-order valence-electron chi connectivity index (χ4n) is 0.778. The summed E-state index contributed by atoms with van der Waals surface area (Å²) in [5.74, 6) is -0.597. The Balaban J connectivity index is 3.39. The number of nitrogens with two attached hydrogens (primary N) is 2. The number of halogens is 1. The predicted octanol–water partition coefficient (Wildman–Crippen LogP) is 0.0553. The molecule has 1 aromatic carbocycles. The largest absolute Gasteiger partial charge is 0.398 e. The molecule has 0 aromatic heterocycles. The zero-order chi connectivity index (χ0) is 9.35. The van der Waals surface area contributed by atoms with Crippen LogP contribution in [0.5, 0.6) is 0 Å². The highest BCUT2D eigenvalue weighted by atomic mass is 32.2. The molecule has 0 spiro atoms. The second-order valence-electron chi connectivity index (χ2n) is 2.23. The molecule has 0 fully saturated rings. The molecule has 1 aromatic rings. The van der Waals surface area contributed by atoms with Crippen LogP contribution in [-0.2, 0) is 10.0 Å². The van der Waals surface area contributed by atoms with Crippen LogP contribution in [0.4, 0.5) is 10.1 Å². The second kappa shape index (κ2) is 2.72. The van der Waals surface area contributed by atoms with Gasteiger partial charge in [0.15, 0.2) is 0 Å². The van der Waals surface area contributed by atoms with Gasteiger partial charge in [-0.05, 0) is 18.2 Å². The summed E-state index contributed by atoms with van der Waals surface area (Å²) in [6.45, 7) is 0. The van der Waals surface area contributed by atoms with Gasteiger partial charge in [0.25, 0.3) is 0 Å². The number of hydrogen-bond acceptors (Lipinski definition) is 3. The number of hydrogen-bond donors (Lipinski definition) is 2. The van der Waals surface area contributed by atoms with E-state index in [1.165, 1.54) is 0 Å². The van der Waals surface area contributed by atoms with E-state index in [1.54, 1.807) is 0 Å². The monoisotopic (exact) mass is 190 g/mol. The normalized spacial score (nSPS) is 11.5. The molecular formula is C6H7FN2O2S. The van der Waals surface area contributed by atoms with Crippen molar-refractivity contribution in [3.05, 3.63) is 24.0 Å². The summed E-state index contributed by atoms with van der Waals surface area (Å²) >= 11 is 0. The first-order chi connectivity index (χ1) is 5.41. The molecule has 0 saturated heterocycles. The van der Waals surface area contributed by atoms with Gasteiger partial charge < -0.3 is 5.73 Å². The first kappa shape index (κ1) is 8.95. The minimum absolute atomic E-state index is 0.183. The molecule has 12 heavy (non-hydrogen) atoms. The Labute approximate surface area is 69.0 Å². The molecule has 0 bridgehead atoms. The lowest BCUT2D eigenvalue weighted by atomic mass is 10.3. The summed E-state index contributed by atoms with van der Waals surface area (Å²) in [6.07, 6.45) is 0. The summed E-state index contributed by atoms with van der Waals surface area (Å²) in [4.78, 5) is -0.260. The van der Waals surface area contributed by atoms with E-state index >= 15 is 0 Å². The molecule has 0 unspecified atom stereocenters. The fraction of sp³-hybridized carbons (Fsp3) is 0. The van der Waals surface area contributed by atoms with Crippen LogP contribution in [-0.4, -0.2) is 8.42 Å². The highest BCUT2D eigenvalue weighted by Crippen LogP contribution is 2.16. The van der Waals surface area contributed by atoms with Gasteiger partial charge >= 0.3 is 0 Å². The van der Waals surface area contributed by atoms with Crippen LogP contribution in [0.25, 0.3) is 0 Å². The lowest BCUT2D eigenvalue weighted by Crippen LogP contribution is -2.14. The zero-order valence-corrected chi connectivity index (χ0v) is 6.81. The van der Waals surface area contributed by atoms with Crippen LogP contribution in [0.15, 0.2) is 23.1 Å². The lowest BCUT2D eigenvalue weighted by Gasteiger charge is -2.01. The molecule has 0 aliphatic carbocycles. The quantitative estimate of drug-likeness (QED) is 0.614. The van der Waals surface area contributed by atoms with Gasteiger partial charge in [-0.15, -0.1) is 0 Å². The number of nitrogen functional groups attached to an aromatic ring is 1. The molecule has 0 aliphatic heterocycles. The van der Waals surface area contributed by atoms with Gasteiger partial charge in [-0.1, -0.05) is 0 Å². The van der Waals surface area contributed by atoms with Gasteiger partial charge in [0, 0.05) is 0 Å². The number of benzene rings is 1. The van der Waals surface area contributed by atoms with E-state index in [4.69, 9.17) is 10.9 Å². The summed E-state index contributed by atoms with van der Waals surface area (Å²) in [6, 6.07) is 2.91. The Bertz CT molecular complexity index is 402. The van der Waals surface area contributed by atoms with Crippen molar-refractivity contribution in [3.63, 3.8) is 0 Å². The number of rotatable bonds is 1. The molecule has 0 radical (unpaired) electrons. The average Bonchev–Trinajstić information content (AvgIpc) is 1.83. The predicted molar refractivity (Wildman–Crippen MR) is 42.2 cm³/mol. The lowest BCUT2D eigenvalue weighted by molar-refractivity contribution is 0.597. The molecule has 66 valence electrons. The molecule has 0 aliphatic rings. The summed E-state index contributed by atoms with van der Waals surface area (Å²) in [5, 5.41) is 4.78. The molecule has 4 nitrogen and oxygen atoms in total. The minimum atomic E-state index is -3.84. The maximum absolute atomic E-state index is 12.4. The topological polar surface area (TPSA) is 86.2 Å². The smallest absolute Gasteiger partial charge is 0.240 e. The first-order valence-electron chi connectivity index (χ1n) is 2.99. The van der Waals surface area contributed by atoms with E-state index in [-0.39, 0.29) is 10.6 Å². The van der Waals surface area contributed by atoms with E-state index in [0.717, 1.165) is 18.2 Å². The van der Waals surface area contributed by atoms with Crippen LogP contribution >= 0.6 is 0 Å². The molecular weight excluding hydrogens is 183 g/mol. The third kappa shape index (κ3) is 1.72. The third-order valence-electron chi connectivity index (χ3n) is 1.28. The Morgan fingerprint density at radius 3 is 2.33 bits per heavy atom. The molecule has 0 heterocycles.